The van der Waals surface area contributed by atoms with Crippen molar-refractivity contribution in [3.63, 3.8) is 0 Å². The molecule has 6 aromatic carbocycles. The Morgan fingerprint density at radius 3 is 1.87 bits per heavy atom. The summed E-state index contributed by atoms with van der Waals surface area (Å²) in [5.41, 5.74) is 10.5. The molecule has 0 atom stereocenters. The van der Waals surface area contributed by atoms with Gasteiger partial charge in [0.2, 0.25) is 0 Å². The second kappa shape index (κ2) is 11.4. The van der Waals surface area contributed by atoms with Gasteiger partial charge >= 0.3 is 0 Å². The molecule has 0 aliphatic heterocycles. The van der Waals surface area contributed by atoms with Crippen LogP contribution in [0.5, 0.6) is 0 Å². The number of fused-ring (bicyclic) bond motifs is 4. The Bertz CT molecular complexity index is 2510. The zero-order chi connectivity index (χ0) is 31.2. The number of benzene rings is 6. The van der Waals surface area contributed by atoms with Gasteiger partial charge in [-0.2, -0.15) is 0 Å². The van der Waals surface area contributed by atoms with E-state index >= 15 is 0 Å². The van der Waals surface area contributed by atoms with Gasteiger partial charge in [0.1, 0.15) is 0 Å². The molecule has 3 aromatic heterocycles. The van der Waals surface area contributed by atoms with Crippen molar-refractivity contribution in [1.82, 2.24) is 15.0 Å². The molecule has 0 saturated carbocycles. The van der Waals surface area contributed by atoms with Gasteiger partial charge in [-0.3, -0.25) is 4.98 Å². The highest BCUT2D eigenvalue weighted by molar-refractivity contribution is 7.25. The van der Waals surface area contributed by atoms with Crippen LogP contribution in [0, 0.1) is 0 Å². The van der Waals surface area contributed by atoms with E-state index in [2.05, 4.69) is 140 Å². The SMILES string of the molecule is c1ccc(-c2cc(-c3ccccc3)nc(-c3cc(-c4ccc5sc6cccnc6c5c4)cc(-c4cccc5ccccc45)c3)n2)cc1. The molecule has 0 aliphatic carbocycles. The van der Waals surface area contributed by atoms with E-state index in [9.17, 15) is 0 Å². The van der Waals surface area contributed by atoms with E-state index in [1.54, 1.807) is 11.3 Å². The zero-order valence-electron chi connectivity index (χ0n) is 25.3. The quantitative estimate of drug-likeness (QED) is 0.193. The maximum Gasteiger partial charge on any atom is 0.160 e. The predicted octanol–water partition coefficient (Wildman–Crippen LogP) is 11.7. The summed E-state index contributed by atoms with van der Waals surface area (Å²) in [7, 11) is 0. The van der Waals surface area contributed by atoms with Crippen molar-refractivity contribution < 1.29 is 0 Å². The zero-order valence-corrected chi connectivity index (χ0v) is 26.2. The van der Waals surface area contributed by atoms with Crippen molar-refractivity contribution in [2.75, 3.05) is 0 Å². The molecule has 0 saturated heterocycles. The molecule has 0 N–H and O–H groups in total. The molecule has 4 heteroatoms. The number of pyridine rings is 1. The molecule has 3 nitrogen and oxygen atoms in total. The largest absolute Gasteiger partial charge is 0.255 e. The summed E-state index contributed by atoms with van der Waals surface area (Å²) in [6.45, 7) is 0. The molecule has 0 spiro atoms. The first-order valence-corrected chi connectivity index (χ1v) is 16.5. The Labute approximate surface area is 276 Å². The lowest BCUT2D eigenvalue weighted by molar-refractivity contribution is 1.18. The number of hydrogen-bond donors (Lipinski definition) is 0. The maximum atomic E-state index is 5.19. The summed E-state index contributed by atoms with van der Waals surface area (Å²) >= 11 is 1.78. The first-order chi connectivity index (χ1) is 23.3. The summed E-state index contributed by atoms with van der Waals surface area (Å²) in [6.07, 6.45) is 1.88. The van der Waals surface area contributed by atoms with Crippen LogP contribution in [0.4, 0.5) is 0 Å². The van der Waals surface area contributed by atoms with Crippen LogP contribution >= 0.6 is 11.3 Å². The minimum absolute atomic E-state index is 0.692. The van der Waals surface area contributed by atoms with Crippen LogP contribution in [0.3, 0.4) is 0 Å². The lowest BCUT2D eigenvalue weighted by atomic mass is 9.92. The monoisotopic (exact) mass is 617 g/mol. The molecule has 0 amide bonds. The van der Waals surface area contributed by atoms with Gasteiger partial charge in [-0.1, -0.05) is 109 Å². The van der Waals surface area contributed by atoms with E-state index in [0.29, 0.717) is 5.82 Å². The lowest BCUT2D eigenvalue weighted by Crippen LogP contribution is -1.97. The Morgan fingerprint density at radius 2 is 1.09 bits per heavy atom. The number of thiophene rings is 1. The fraction of sp³-hybridized carbons (Fsp3) is 0. The fourth-order valence-electron chi connectivity index (χ4n) is 6.42. The minimum atomic E-state index is 0.692. The van der Waals surface area contributed by atoms with Crippen molar-refractivity contribution in [3.05, 3.63) is 164 Å². The third-order valence-corrected chi connectivity index (χ3v) is 9.84. The number of rotatable bonds is 5. The fourth-order valence-corrected chi connectivity index (χ4v) is 7.47. The van der Waals surface area contributed by atoms with Gasteiger partial charge in [0.25, 0.3) is 0 Å². The second-order valence-electron chi connectivity index (χ2n) is 11.7. The molecule has 9 aromatic rings. The van der Waals surface area contributed by atoms with E-state index < -0.39 is 0 Å². The minimum Gasteiger partial charge on any atom is -0.255 e. The highest BCUT2D eigenvalue weighted by Crippen LogP contribution is 2.39. The van der Waals surface area contributed by atoms with Gasteiger partial charge in [0.15, 0.2) is 5.82 Å². The normalized spacial score (nSPS) is 11.4. The van der Waals surface area contributed by atoms with Gasteiger partial charge in [-0.05, 0) is 81.6 Å². The first-order valence-electron chi connectivity index (χ1n) is 15.7. The predicted molar refractivity (Wildman–Crippen MR) is 197 cm³/mol. The van der Waals surface area contributed by atoms with Crippen LogP contribution in [-0.4, -0.2) is 15.0 Å². The van der Waals surface area contributed by atoms with Gasteiger partial charge in [-0.15, -0.1) is 11.3 Å². The Kier molecular flexibility index (Phi) is 6.65. The highest BCUT2D eigenvalue weighted by atomic mass is 32.1. The standard InChI is InChI=1S/C43H27N3S/c1-3-12-29(13-4-1)38-27-39(30-14-5-2-6-15-30)46-43(45-38)34-24-32(23-33(25-34)36-18-9-16-28-11-7-8-17-35(28)36)31-20-21-40-37(26-31)42-41(47-40)19-10-22-44-42/h1-27H. The van der Waals surface area contributed by atoms with Crippen LogP contribution < -0.4 is 0 Å². The molecular formula is C43H27N3S. The number of aromatic nitrogens is 3. The van der Waals surface area contributed by atoms with Crippen molar-refractivity contribution in [3.8, 4) is 56.2 Å². The Balaban J connectivity index is 1.30. The average Bonchev–Trinajstić information content (AvgIpc) is 3.53. The van der Waals surface area contributed by atoms with E-state index in [1.807, 2.05) is 24.4 Å². The average molecular weight is 618 g/mol. The van der Waals surface area contributed by atoms with Gasteiger partial charge in [-0.25, -0.2) is 9.97 Å². The summed E-state index contributed by atoms with van der Waals surface area (Å²) in [6, 6.07) is 55.5. The molecule has 220 valence electrons. The van der Waals surface area contributed by atoms with E-state index in [-0.39, 0.29) is 0 Å². The molecule has 0 aliphatic rings. The summed E-state index contributed by atoms with van der Waals surface area (Å²) in [5, 5.41) is 3.60. The highest BCUT2D eigenvalue weighted by Gasteiger charge is 2.16. The molecule has 0 fully saturated rings. The molecule has 0 unspecified atom stereocenters. The molecule has 0 bridgehead atoms. The number of nitrogens with zero attached hydrogens (tertiary/aromatic N) is 3. The summed E-state index contributed by atoms with van der Waals surface area (Å²) in [4.78, 5) is 15.1. The molecule has 3 heterocycles. The van der Waals surface area contributed by atoms with E-state index in [1.165, 1.54) is 31.1 Å². The van der Waals surface area contributed by atoms with Gasteiger partial charge in [0, 0.05) is 33.0 Å². The number of hydrogen-bond acceptors (Lipinski definition) is 4. The van der Waals surface area contributed by atoms with Crippen LogP contribution in [0.15, 0.2) is 164 Å². The Hall–Kier alpha value is -5.97. The van der Waals surface area contributed by atoms with Crippen LogP contribution in [0.25, 0.3) is 87.2 Å². The van der Waals surface area contributed by atoms with Crippen molar-refractivity contribution in [2.45, 2.75) is 0 Å². The van der Waals surface area contributed by atoms with Crippen molar-refractivity contribution in [1.29, 1.82) is 0 Å². The third kappa shape index (κ3) is 5.05. The topological polar surface area (TPSA) is 38.7 Å². The molecule has 0 radical (unpaired) electrons. The molecule has 9 rings (SSSR count). The van der Waals surface area contributed by atoms with Crippen molar-refractivity contribution in [2.24, 2.45) is 0 Å². The van der Waals surface area contributed by atoms with Crippen LogP contribution in [0.2, 0.25) is 0 Å². The third-order valence-electron chi connectivity index (χ3n) is 8.72. The second-order valence-corrected chi connectivity index (χ2v) is 12.8. The maximum absolute atomic E-state index is 5.19. The van der Waals surface area contributed by atoms with E-state index in [4.69, 9.17) is 15.0 Å². The van der Waals surface area contributed by atoms with Crippen LogP contribution in [0.1, 0.15) is 0 Å². The summed E-state index contributed by atoms with van der Waals surface area (Å²) < 4.78 is 2.43. The van der Waals surface area contributed by atoms with Gasteiger partial charge in [0.05, 0.1) is 21.6 Å². The van der Waals surface area contributed by atoms with Crippen LogP contribution in [-0.2, 0) is 0 Å². The lowest BCUT2D eigenvalue weighted by Gasteiger charge is -2.14. The van der Waals surface area contributed by atoms with E-state index in [0.717, 1.165) is 50.3 Å². The summed E-state index contributed by atoms with van der Waals surface area (Å²) in [5.74, 6) is 0.692. The molecular weight excluding hydrogens is 591 g/mol. The smallest absolute Gasteiger partial charge is 0.160 e. The Morgan fingerprint density at radius 1 is 0.404 bits per heavy atom. The van der Waals surface area contributed by atoms with Gasteiger partial charge < -0.3 is 0 Å². The first kappa shape index (κ1) is 27.3. The molecule has 47 heavy (non-hydrogen) atoms. The van der Waals surface area contributed by atoms with Crippen molar-refractivity contribution >= 4 is 42.4 Å².